The highest BCUT2D eigenvalue weighted by Crippen LogP contribution is 2.39. The molecule has 104 valence electrons. The Bertz CT molecular complexity index is 740. The van der Waals surface area contributed by atoms with E-state index in [-0.39, 0.29) is 5.78 Å². The van der Waals surface area contributed by atoms with Crippen LogP contribution >= 0.6 is 34.4 Å². The van der Waals surface area contributed by atoms with E-state index in [0.29, 0.717) is 16.9 Å². The molecule has 21 heavy (non-hydrogen) atoms. The number of amides is 1. The third-order valence-corrected chi connectivity index (χ3v) is 4.88. The van der Waals surface area contributed by atoms with Gasteiger partial charge in [0.2, 0.25) is 12.2 Å². The maximum absolute atomic E-state index is 12.3. The van der Waals surface area contributed by atoms with Crippen LogP contribution in [0.15, 0.2) is 64.5 Å². The van der Waals surface area contributed by atoms with Gasteiger partial charge in [0.1, 0.15) is 0 Å². The van der Waals surface area contributed by atoms with Gasteiger partial charge in [-0.1, -0.05) is 23.9 Å². The molecule has 0 atom stereocenters. The number of thioether (sulfide) groups is 1. The molecule has 5 heteroatoms. The Labute approximate surface area is 140 Å². The number of rotatable bonds is 3. The number of benzene rings is 2. The van der Waals surface area contributed by atoms with Gasteiger partial charge in [0.05, 0.1) is 4.91 Å². The summed E-state index contributed by atoms with van der Waals surface area (Å²) in [5, 5.41) is 0. The van der Waals surface area contributed by atoms with Gasteiger partial charge in [-0.05, 0) is 59.0 Å². The predicted octanol–water partition coefficient (Wildman–Crippen LogP) is 4.08. The van der Waals surface area contributed by atoms with Crippen LogP contribution in [0.3, 0.4) is 0 Å². The molecule has 0 spiro atoms. The smallest absolute Gasteiger partial charge is 0.218 e. The summed E-state index contributed by atoms with van der Waals surface area (Å²) in [7, 11) is 0. The highest BCUT2D eigenvalue weighted by Gasteiger charge is 2.26. The van der Waals surface area contributed by atoms with Crippen molar-refractivity contribution in [3.8, 4) is 0 Å². The van der Waals surface area contributed by atoms with Crippen LogP contribution in [0, 0.1) is 3.57 Å². The van der Waals surface area contributed by atoms with Crippen molar-refractivity contribution in [2.24, 2.45) is 0 Å². The number of carbonyl (C=O) groups is 2. The van der Waals surface area contributed by atoms with Crippen LogP contribution in [-0.2, 0) is 4.79 Å². The lowest BCUT2D eigenvalue weighted by Gasteiger charge is -2.13. The monoisotopic (exact) mass is 407 g/mol. The van der Waals surface area contributed by atoms with Crippen LogP contribution in [0.4, 0.5) is 5.69 Å². The summed E-state index contributed by atoms with van der Waals surface area (Å²) in [6, 6.07) is 15.0. The van der Waals surface area contributed by atoms with Gasteiger partial charge in [-0.2, -0.15) is 0 Å². The van der Waals surface area contributed by atoms with E-state index in [0.717, 1.165) is 14.2 Å². The molecule has 1 aliphatic rings. The molecule has 0 unspecified atom stereocenters. The molecule has 0 saturated carbocycles. The second-order valence-corrected chi connectivity index (χ2v) is 6.74. The van der Waals surface area contributed by atoms with Crippen LogP contribution in [0.25, 0.3) is 0 Å². The first-order valence-electron chi connectivity index (χ1n) is 6.21. The fourth-order valence-corrected chi connectivity index (χ4v) is 3.41. The minimum absolute atomic E-state index is 0.0343. The van der Waals surface area contributed by atoms with E-state index in [1.54, 1.807) is 6.20 Å². The fourth-order valence-electron chi connectivity index (χ4n) is 2.03. The molecule has 1 amide bonds. The molecule has 0 bridgehead atoms. The van der Waals surface area contributed by atoms with Crippen LogP contribution in [0.5, 0.6) is 0 Å². The van der Waals surface area contributed by atoms with Crippen molar-refractivity contribution in [3.05, 3.63) is 68.8 Å². The lowest BCUT2D eigenvalue weighted by molar-refractivity contribution is -0.106. The van der Waals surface area contributed by atoms with E-state index in [2.05, 4.69) is 22.6 Å². The lowest BCUT2D eigenvalue weighted by atomic mass is 10.1. The Balaban J connectivity index is 1.93. The number of Topliss-reactive ketones (excluding diaryl/α,β-unsaturated/α-hetero) is 1. The minimum Gasteiger partial charge on any atom is -0.289 e. The van der Waals surface area contributed by atoms with E-state index < -0.39 is 0 Å². The average molecular weight is 407 g/mol. The minimum atomic E-state index is -0.0343. The zero-order valence-electron chi connectivity index (χ0n) is 10.8. The normalized spacial score (nSPS) is 15.1. The van der Waals surface area contributed by atoms with Crippen LogP contribution < -0.4 is 4.90 Å². The van der Waals surface area contributed by atoms with Gasteiger partial charge in [0.15, 0.2) is 0 Å². The lowest BCUT2D eigenvalue weighted by Crippen LogP contribution is -2.14. The molecule has 0 saturated heterocycles. The van der Waals surface area contributed by atoms with Crippen molar-refractivity contribution in [1.82, 2.24) is 0 Å². The molecule has 2 aromatic rings. The number of carbonyl (C=O) groups excluding carboxylic acids is 2. The van der Waals surface area contributed by atoms with Gasteiger partial charge in [-0.3, -0.25) is 14.5 Å². The van der Waals surface area contributed by atoms with Crippen LogP contribution in [-0.4, -0.2) is 12.2 Å². The summed E-state index contributed by atoms with van der Waals surface area (Å²) < 4.78 is 1.09. The molecular weight excluding hydrogens is 397 g/mol. The summed E-state index contributed by atoms with van der Waals surface area (Å²) in [4.78, 5) is 26.5. The molecule has 3 nitrogen and oxygen atoms in total. The van der Waals surface area contributed by atoms with Gasteiger partial charge in [0.25, 0.3) is 0 Å². The number of ketones is 1. The summed E-state index contributed by atoms with van der Waals surface area (Å²) >= 11 is 3.60. The van der Waals surface area contributed by atoms with E-state index in [1.807, 2.05) is 48.5 Å². The van der Waals surface area contributed by atoms with E-state index in [4.69, 9.17) is 0 Å². The van der Waals surface area contributed by atoms with Gasteiger partial charge in [-0.25, -0.2) is 0 Å². The van der Waals surface area contributed by atoms with Gasteiger partial charge in [0, 0.05) is 25.9 Å². The topological polar surface area (TPSA) is 37.4 Å². The molecule has 0 N–H and O–H groups in total. The molecule has 0 aromatic heterocycles. The summed E-state index contributed by atoms with van der Waals surface area (Å²) in [5.74, 6) is -0.0343. The fraction of sp³-hybridized carbons (Fsp3) is 0. The maximum atomic E-state index is 12.3. The molecular formula is C16H10INO2S. The van der Waals surface area contributed by atoms with E-state index >= 15 is 0 Å². The number of allylic oxidation sites excluding steroid dienone is 1. The molecule has 1 aliphatic heterocycles. The molecule has 0 radical (unpaired) electrons. The Morgan fingerprint density at radius 1 is 1.05 bits per heavy atom. The number of hydrogen-bond donors (Lipinski definition) is 0. The second kappa shape index (κ2) is 6.03. The number of halogens is 1. The van der Waals surface area contributed by atoms with Crippen molar-refractivity contribution >= 4 is 52.2 Å². The molecule has 3 rings (SSSR count). The predicted molar refractivity (Wildman–Crippen MR) is 92.4 cm³/mol. The van der Waals surface area contributed by atoms with Crippen molar-refractivity contribution in [3.63, 3.8) is 0 Å². The SMILES string of the molecule is O=CN(C=C1Sc2ccccc2C1=O)c1ccc(I)cc1. The van der Waals surface area contributed by atoms with Crippen molar-refractivity contribution in [2.45, 2.75) is 4.90 Å². The first-order chi connectivity index (χ1) is 10.2. The van der Waals surface area contributed by atoms with Crippen molar-refractivity contribution in [1.29, 1.82) is 0 Å². The number of anilines is 1. The van der Waals surface area contributed by atoms with Crippen LogP contribution in [0.1, 0.15) is 10.4 Å². The second-order valence-electron chi connectivity index (χ2n) is 4.41. The summed E-state index contributed by atoms with van der Waals surface area (Å²) in [6.45, 7) is 0. The average Bonchev–Trinajstić information content (AvgIpc) is 2.83. The molecule has 2 aromatic carbocycles. The number of fused-ring (bicyclic) bond motifs is 1. The zero-order chi connectivity index (χ0) is 14.8. The largest absolute Gasteiger partial charge is 0.289 e. The Kier molecular flexibility index (Phi) is 4.12. The van der Waals surface area contributed by atoms with Crippen molar-refractivity contribution in [2.75, 3.05) is 4.90 Å². The highest BCUT2D eigenvalue weighted by atomic mass is 127. The quantitative estimate of drug-likeness (QED) is 0.437. The van der Waals surface area contributed by atoms with E-state index in [1.165, 1.54) is 16.7 Å². The first kappa shape index (κ1) is 14.3. The number of nitrogens with zero attached hydrogens (tertiary/aromatic N) is 1. The standard InChI is InChI=1S/C16H10INO2S/c17-11-5-7-12(8-6-11)18(10-19)9-15-16(20)13-3-1-2-4-14(13)21-15/h1-10H. The molecule has 1 heterocycles. The van der Waals surface area contributed by atoms with Crippen LogP contribution in [0.2, 0.25) is 0 Å². The molecule has 0 fully saturated rings. The Morgan fingerprint density at radius 2 is 1.76 bits per heavy atom. The van der Waals surface area contributed by atoms with E-state index in [9.17, 15) is 9.59 Å². The van der Waals surface area contributed by atoms with Gasteiger partial charge in [-0.15, -0.1) is 0 Å². The number of hydrogen-bond acceptors (Lipinski definition) is 3. The Hall–Kier alpha value is -1.60. The maximum Gasteiger partial charge on any atom is 0.218 e. The van der Waals surface area contributed by atoms with Crippen molar-refractivity contribution < 1.29 is 9.59 Å². The third-order valence-electron chi connectivity index (χ3n) is 3.07. The zero-order valence-corrected chi connectivity index (χ0v) is 13.8. The first-order valence-corrected chi connectivity index (χ1v) is 8.11. The highest BCUT2D eigenvalue weighted by molar-refractivity contribution is 14.1. The molecule has 0 aliphatic carbocycles. The van der Waals surface area contributed by atoms with Gasteiger partial charge < -0.3 is 0 Å². The summed E-state index contributed by atoms with van der Waals surface area (Å²) in [5.41, 5.74) is 1.43. The summed E-state index contributed by atoms with van der Waals surface area (Å²) in [6.07, 6.45) is 2.31. The third kappa shape index (κ3) is 2.89. The van der Waals surface area contributed by atoms with Gasteiger partial charge >= 0.3 is 0 Å². The Morgan fingerprint density at radius 3 is 2.43 bits per heavy atom.